The summed E-state index contributed by atoms with van der Waals surface area (Å²) in [6.07, 6.45) is -3.98. The Hall–Kier alpha value is -1.83. The number of carbonyl (C=O) groups is 1. The molecule has 4 N–H and O–H groups in total. The molecule has 0 aliphatic rings. The summed E-state index contributed by atoms with van der Waals surface area (Å²) in [5.74, 6) is -0.739. The largest absolute Gasteiger partial charge is 0.573 e. The highest BCUT2D eigenvalue weighted by Gasteiger charge is 2.33. The normalized spacial score (nSPS) is 11.2. The van der Waals surface area contributed by atoms with Crippen molar-refractivity contribution in [1.29, 1.82) is 0 Å². The van der Waals surface area contributed by atoms with Crippen molar-refractivity contribution in [3.05, 3.63) is 17.5 Å². The Bertz CT molecular complexity index is 406. The van der Waals surface area contributed by atoms with Gasteiger partial charge in [-0.1, -0.05) is 0 Å². The maximum Gasteiger partial charge on any atom is 0.573 e. The number of aromatic nitrogens is 1. The van der Waals surface area contributed by atoms with E-state index in [-0.39, 0.29) is 24.2 Å². The van der Waals surface area contributed by atoms with E-state index in [1.165, 1.54) is 0 Å². The van der Waals surface area contributed by atoms with E-state index >= 15 is 0 Å². The van der Waals surface area contributed by atoms with Crippen LogP contribution in [0.25, 0.3) is 0 Å². The van der Waals surface area contributed by atoms with Crippen molar-refractivity contribution in [2.75, 3.05) is 5.73 Å². The van der Waals surface area contributed by atoms with E-state index in [1.54, 1.807) is 0 Å². The first-order valence-electron chi connectivity index (χ1n) is 4.07. The molecule has 0 amide bonds. The fraction of sp³-hybridized carbons (Fsp3) is 0.250. The van der Waals surface area contributed by atoms with E-state index in [1.807, 2.05) is 0 Å². The molecular formula is C8H8F3N3O2. The van der Waals surface area contributed by atoms with Crippen LogP contribution in [0.3, 0.4) is 0 Å². The number of rotatable bonds is 3. The molecule has 16 heavy (non-hydrogen) atoms. The van der Waals surface area contributed by atoms with E-state index in [2.05, 4.69) is 9.72 Å². The second-order valence-corrected chi connectivity index (χ2v) is 2.77. The van der Waals surface area contributed by atoms with Crippen LogP contribution in [0.4, 0.5) is 18.9 Å². The molecule has 0 bridgehead atoms. The summed E-state index contributed by atoms with van der Waals surface area (Å²) >= 11 is 0. The smallest absolute Gasteiger partial charge is 0.403 e. The van der Waals surface area contributed by atoms with Gasteiger partial charge in [0, 0.05) is 6.54 Å². The number of pyridine rings is 1. The van der Waals surface area contributed by atoms with Crippen LogP contribution in [0.15, 0.2) is 6.20 Å². The standard InChI is InChI=1S/C8H8F3N3O2/c9-8(10,11)16-6-2-14-5(1-12)7(13)4(6)3-15/h2-3H,1,12-13H2. The van der Waals surface area contributed by atoms with E-state index in [9.17, 15) is 18.0 Å². The monoisotopic (exact) mass is 235 g/mol. The highest BCUT2D eigenvalue weighted by Crippen LogP contribution is 2.29. The molecule has 0 saturated carbocycles. The van der Waals surface area contributed by atoms with Crippen LogP contribution in [-0.4, -0.2) is 17.6 Å². The number of nitrogen functional groups attached to an aromatic ring is 1. The molecule has 88 valence electrons. The molecular weight excluding hydrogens is 227 g/mol. The maximum absolute atomic E-state index is 11.9. The van der Waals surface area contributed by atoms with Gasteiger partial charge >= 0.3 is 6.36 Å². The predicted molar refractivity (Wildman–Crippen MR) is 48.6 cm³/mol. The van der Waals surface area contributed by atoms with Crippen molar-refractivity contribution < 1.29 is 22.7 Å². The minimum atomic E-state index is -4.91. The molecule has 1 rings (SSSR count). The summed E-state index contributed by atoms with van der Waals surface area (Å²) in [5.41, 5.74) is 10.2. The zero-order valence-electron chi connectivity index (χ0n) is 7.91. The second kappa shape index (κ2) is 4.35. The van der Waals surface area contributed by atoms with Gasteiger partial charge in [-0.3, -0.25) is 9.78 Å². The van der Waals surface area contributed by atoms with Gasteiger partial charge < -0.3 is 16.2 Å². The van der Waals surface area contributed by atoms with Crippen LogP contribution in [-0.2, 0) is 6.54 Å². The minimum Gasteiger partial charge on any atom is -0.403 e. The number of anilines is 1. The first-order chi connectivity index (χ1) is 7.39. The Morgan fingerprint density at radius 3 is 2.56 bits per heavy atom. The molecule has 0 aliphatic carbocycles. The van der Waals surface area contributed by atoms with Gasteiger partial charge in [0.1, 0.15) is 0 Å². The quantitative estimate of drug-likeness (QED) is 0.757. The molecule has 0 saturated heterocycles. The zero-order chi connectivity index (χ0) is 12.3. The lowest BCUT2D eigenvalue weighted by molar-refractivity contribution is -0.274. The molecule has 0 aliphatic heterocycles. The highest BCUT2D eigenvalue weighted by molar-refractivity contribution is 5.87. The SMILES string of the molecule is NCc1ncc(OC(F)(F)F)c(C=O)c1N. The van der Waals surface area contributed by atoms with Crippen molar-refractivity contribution in [2.45, 2.75) is 12.9 Å². The van der Waals surface area contributed by atoms with Gasteiger partial charge in [-0.05, 0) is 0 Å². The Balaban J connectivity index is 3.21. The molecule has 0 atom stereocenters. The first kappa shape index (κ1) is 12.2. The number of hydrogen-bond acceptors (Lipinski definition) is 5. The van der Waals surface area contributed by atoms with Gasteiger partial charge in [-0.25, -0.2) is 0 Å². The number of hydrogen-bond donors (Lipinski definition) is 2. The average molecular weight is 235 g/mol. The number of aldehydes is 1. The molecule has 0 unspecified atom stereocenters. The number of nitrogens with zero attached hydrogens (tertiary/aromatic N) is 1. The van der Waals surface area contributed by atoms with Gasteiger partial charge in [0.2, 0.25) is 0 Å². The van der Waals surface area contributed by atoms with Crippen molar-refractivity contribution in [3.8, 4) is 5.75 Å². The van der Waals surface area contributed by atoms with Gasteiger partial charge in [0.05, 0.1) is 23.1 Å². The van der Waals surface area contributed by atoms with E-state index in [0.29, 0.717) is 0 Å². The Kier molecular flexibility index (Phi) is 3.33. The first-order valence-corrected chi connectivity index (χ1v) is 4.07. The minimum absolute atomic E-state index is 0.0844. The molecule has 5 nitrogen and oxygen atoms in total. The summed E-state index contributed by atoms with van der Waals surface area (Å²) in [6.45, 7) is -0.0844. The lowest BCUT2D eigenvalue weighted by Crippen LogP contribution is -2.19. The predicted octanol–water partition coefficient (Wildman–Crippen LogP) is 0.834. The van der Waals surface area contributed by atoms with Crippen molar-refractivity contribution >= 4 is 12.0 Å². The molecule has 0 spiro atoms. The Morgan fingerprint density at radius 2 is 2.12 bits per heavy atom. The van der Waals surface area contributed by atoms with Crippen LogP contribution < -0.4 is 16.2 Å². The molecule has 0 aromatic carbocycles. The summed E-state index contributed by atoms with van der Waals surface area (Å²) in [6, 6.07) is 0. The third kappa shape index (κ3) is 2.60. The second-order valence-electron chi connectivity index (χ2n) is 2.77. The third-order valence-corrected chi connectivity index (χ3v) is 1.74. The molecule has 0 radical (unpaired) electrons. The number of alkyl halides is 3. The van der Waals surface area contributed by atoms with Gasteiger partial charge in [-0.15, -0.1) is 13.2 Å². The molecule has 0 fully saturated rings. The number of ether oxygens (including phenoxy) is 1. The number of halogens is 3. The summed E-state index contributed by atoms with van der Waals surface area (Å²) in [7, 11) is 0. The Morgan fingerprint density at radius 1 is 1.50 bits per heavy atom. The highest BCUT2D eigenvalue weighted by atomic mass is 19.4. The topological polar surface area (TPSA) is 91.2 Å². The van der Waals surface area contributed by atoms with Gasteiger partial charge in [-0.2, -0.15) is 0 Å². The van der Waals surface area contributed by atoms with Crippen molar-refractivity contribution in [2.24, 2.45) is 5.73 Å². The van der Waals surface area contributed by atoms with Crippen molar-refractivity contribution in [1.82, 2.24) is 4.98 Å². The van der Waals surface area contributed by atoms with Gasteiger partial charge in [0.15, 0.2) is 12.0 Å². The van der Waals surface area contributed by atoms with E-state index in [0.717, 1.165) is 6.20 Å². The number of carbonyl (C=O) groups excluding carboxylic acids is 1. The molecule has 1 heterocycles. The van der Waals surface area contributed by atoms with Crippen LogP contribution in [0.5, 0.6) is 5.75 Å². The fourth-order valence-electron chi connectivity index (χ4n) is 1.05. The van der Waals surface area contributed by atoms with E-state index in [4.69, 9.17) is 11.5 Å². The van der Waals surface area contributed by atoms with Gasteiger partial charge in [0.25, 0.3) is 0 Å². The van der Waals surface area contributed by atoms with Crippen LogP contribution in [0.1, 0.15) is 16.1 Å². The van der Waals surface area contributed by atoms with Crippen molar-refractivity contribution in [3.63, 3.8) is 0 Å². The molecule has 1 aromatic heterocycles. The number of nitrogens with two attached hydrogens (primary N) is 2. The molecule has 1 aromatic rings. The Labute approximate surface area is 88.2 Å². The zero-order valence-corrected chi connectivity index (χ0v) is 7.91. The van der Waals surface area contributed by atoms with E-state index < -0.39 is 17.7 Å². The summed E-state index contributed by atoms with van der Waals surface area (Å²) in [5, 5.41) is 0. The fourth-order valence-corrected chi connectivity index (χ4v) is 1.05. The summed E-state index contributed by atoms with van der Waals surface area (Å²) in [4.78, 5) is 14.2. The van der Waals surface area contributed by atoms with Crippen LogP contribution >= 0.6 is 0 Å². The van der Waals surface area contributed by atoms with Crippen LogP contribution in [0.2, 0.25) is 0 Å². The van der Waals surface area contributed by atoms with Crippen LogP contribution in [0, 0.1) is 0 Å². The maximum atomic E-state index is 11.9. The third-order valence-electron chi connectivity index (χ3n) is 1.74. The lowest BCUT2D eigenvalue weighted by Gasteiger charge is -2.12. The lowest BCUT2D eigenvalue weighted by atomic mass is 10.2. The summed E-state index contributed by atoms with van der Waals surface area (Å²) < 4.78 is 39.4. The average Bonchev–Trinajstić information content (AvgIpc) is 2.16. The molecule has 8 heteroatoms.